The van der Waals surface area contributed by atoms with Crippen LogP contribution in [0.1, 0.15) is 44.5 Å². The molecule has 0 saturated heterocycles. The van der Waals surface area contributed by atoms with Gasteiger partial charge in [-0.1, -0.05) is 202 Å². The molecule has 0 aliphatic carbocycles. The van der Waals surface area contributed by atoms with Crippen molar-refractivity contribution in [3.63, 3.8) is 0 Å². The molecular formula is C72H58F2N2. The number of hydrogen-bond donors (Lipinski definition) is 0. The number of benzene rings is 12. The summed E-state index contributed by atoms with van der Waals surface area (Å²) in [5.41, 5.74) is 19.4. The molecule has 0 atom stereocenters. The van der Waals surface area contributed by atoms with E-state index < -0.39 is 0 Å². The normalized spacial score (nSPS) is 11.6. The Labute approximate surface area is 445 Å². The summed E-state index contributed by atoms with van der Waals surface area (Å²) in [5, 5.41) is 6.13. The molecule has 370 valence electrons. The molecule has 0 saturated carbocycles. The van der Waals surface area contributed by atoms with E-state index in [1.165, 1.54) is 0 Å². The van der Waals surface area contributed by atoms with E-state index in [1.807, 2.05) is 72.8 Å². The maximum absolute atomic E-state index is 18.5. The van der Waals surface area contributed by atoms with Gasteiger partial charge >= 0.3 is 0 Å². The third-order valence-corrected chi connectivity index (χ3v) is 14.9. The SMILES string of the molecule is Cc1cc(C)cc(-c2ccc(N(c3ccccc3)c3ccc4ccc5c(N(c6ccccc6)c6ccc(-c7cc(C)cc(C)c7)c(-c7cc(C)cc(C)c7)c6F)ccc6ccc3c4c65)c(F)c2-c2cc(C)cc(C)c2)c1. The van der Waals surface area contributed by atoms with Gasteiger partial charge < -0.3 is 9.80 Å². The van der Waals surface area contributed by atoms with Gasteiger partial charge in [-0.3, -0.25) is 0 Å². The zero-order valence-corrected chi connectivity index (χ0v) is 44.3. The second-order valence-corrected chi connectivity index (χ2v) is 21.1. The molecule has 0 heterocycles. The van der Waals surface area contributed by atoms with E-state index in [0.717, 1.165) is 133 Å². The Kier molecular flexibility index (Phi) is 12.1. The Morgan fingerprint density at radius 1 is 0.276 bits per heavy atom. The lowest BCUT2D eigenvalue weighted by Crippen LogP contribution is -2.14. The van der Waals surface area contributed by atoms with Crippen LogP contribution in [0.15, 0.2) is 206 Å². The molecule has 76 heavy (non-hydrogen) atoms. The Bertz CT molecular complexity index is 3880. The number of hydrogen-bond acceptors (Lipinski definition) is 2. The number of anilines is 6. The summed E-state index contributed by atoms with van der Waals surface area (Å²) in [7, 11) is 0. The molecule has 0 spiro atoms. The number of halogens is 2. The Morgan fingerprint density at radius 2 is 0.566 bits per heavy atom. The first-order valence-electron chi connectivity index (χ1n) is 26.2. The molecule has 0 aliphatic rings. The average Bonchev–Trinajstić information content (AvgIpc) is 3.44. The molecule has 0 aromatic heterocycles. The van der Waals surface area contributed by atoms with Crippen molar-refractivity contribution in [3.05, 3.63) is 262 Å². The average molecular weight is 989 g/mol. The second kappa shape index (κ2) is 19.1. The van der Waals surface area contributed by atoms with Gasteiger partial charge in [0.05, 0.1) is 22.7 Å². The molecule has 12 rings (SSSR count). The molecule has 0 unspecified atom stereocenters. The van der Waals surface area contributed by atoms with E-state index in [-0.39, 0.29) is 11.6 Å². The summed E-state index contributed by atoms with van der Waals surface area (Å²) in [4.78, 5) is 4.16. The van der Waals surface area contributed by atoms with Crippen molar-refractivity contribution in [2.24, 2.45) is 0 Å². The van der Waals surface area contributed by atoms with Crippen LogP contribution in [0, 0.1) is 67.0 Å². The minimum absolute atomic E-state index is 0.303. The Balaban J connectivity index is 1.10. The van der Waals surface area contributed by atoms with E-state index in [0.29, 0.717) is 22.5 Å². The molecule has 12 aromatic carbocycles. The van der Waals surface area contributed by atoms with Crippen molar-refractivity contribution in [2.75, 3.05) is 9.80 Å². The summed E-state index contributed by atoms with van der Waals surface area (Å²) >= 11 is 0. The van der Waals surface area contributed by atoms with Crippen molar-refractivity contribution in [1.82, 2.24) is 0 Å². The van der Waals surface area contributed by atoms with Gasteiger partial charge in [-0.25, -0.2) is 8.78 Å². The van der Waals surface area contributed by atoms with E-state index in [9.17, 15) is 0 Å². The van der Waals surface area contributed by atoms with E-state index >= 15 is 8.78 Å². The molecule has 0 bridgehead atoms. The zero-order chi connectivity index (χ0) is 52.5. The molecule has 0 aliphatic heterocycles. The number of nitrogens with zero attached hydrogens (tertiary/aromatic N) is 2. The van der Waals surface area contributed by atoms with E-state index in [4.69, 9.17) is 0 Å². The minimum Gasteiger partial charge on any atom is -0.307 e. The summed E-state index contributed by atoms with van der Waals surface area (Å²) in [6, 6.07) is 71.1. The number of aryl methyl sites for hydroxylation is 8. The highest BCUT2D eigenvalue weighted by molar-refractivity contribution is 6.28. The van der Waals surface area contributed by atoms with Crippen LogP contribution in [0.2, 0.25) is 0 Å². The lowest BCUT2D eigenvalue weighted by atomic mass is 9.89. The van der Waals surface area contributed by atoms with Crippen molar-refractivity contribution in [2.45, 2.75) is 55.4 Å². The molecular weight excluding hydrogens is 931 g/mol. The van der Waals surface area contributed by atoms with Gasteiger partial charge in [0.25, 0.3) is 0 Å². The zero-order valence-electron chi connectivity index (χ0n) is 44.3. The van der Waals surface area contributed by atoms with Gasteiger partial charge in [0.1, 0.15) is 0 Å². The van der Waals surface area contributed by atoms with Crippen LogP contribution in [0.5, 0.6) is 0 Å². The Hall–Kier alpha value is -8.86. The predicted molar refractivity (Wildman–Crippen MR) is 319 cm³/mol. The third-order valence-electron chi connectivity index (χ3n) is 14.9. The quantitative estimate of drug-likeness (QED) is 0.126. The molecule has 2 nitrogen and oxygen atoms in total. The van der Waals surface area contributed by atoms with Crippen LogP contribution < -0.4 is 9.80 Å². The smallest absolute Gasteiger partial charge is 0.155 e. The van der Waals surface area contributed by atoms with Gasteiger partial charge in [-0.15, -0.1) is 0 Å². The molecule has 0 N–H and O–H groups in total. The lowest BCUT2D eigenvalue weighted by Gasteiger charge is -2.30. The van der Waals surface area contributed by atoms with Crippen molar-refractivity contribution in [1.29, 1.82) is 0 Å². The lowest BCUT2D eigenvalue weighted by molar-refractivity contribution is 0.632. The first kappa shape index (κ1) is 48.1. The van der Waals surface area contributed by atoms with E-state index in [1.54, 1.807) is 0 Å². The first-order chi connectivity index (χ1) is 36.8. The molecule has 12 aromatic rings. The fraction of sp³-hybridized carbons (Fsp3) is 0.111. The standard InChI is InChI=1S/C72H58F2N2/c1-43-31-44(2)36-53(35-43)59-25-29-65(71(73)69(59)55-39-47(5)33-48(6)40-55)75(57-15-11-9-12-16-57)63-27-21-51-20-24-62-64(28-22-52-19-23-61(63)67(51)68(52)62)76(58-17-13-10-14-18-58)66-30-26-60(54-37-45(3)32-46(4)38-54)70(72(66)74)56-41-49(7)34-50(8)42-56/h9-42H,1-8H3. The van der Waals surface area contributed by atoms with Crippen molar-refractivity contribution >= 4 is 66.4 Å². The first-order valence-corrected chi connectivity index (χ1v) is 26.2. The number of rotatable bonds is 10. The van der Waals surface area contributed by atoms with Crippen molar-refractivity contribution in [3.8, 4) is 44.5 Å². The highest BCUT2D eigenvalue weighted by atomic mass is 19.1. The molecule has 0 fully saturated rings. The van der Waals surface area contributed by atoms with Crippen LogP contribution >= 0.6 is 0 Å². The van der Waals surface area contributed by atoms with Crippen LogP contribution in [0.3, 0.4) is 0 Å². The van der Waals surface area contributed by atoms with Crippen LogP contribution in [0.4, 0.5) is 42.9 Å². The monoisotopic (exact) mass is 988 g/mol. The summed E-state index contributed by atoms with van der Waals surface area (Å²) in [6.07, 6.45) is 0. The molecule has 0 radical (unpaired) electrons. The van der Waals surface area contributed by atoms with Gasteiger partial charge in [-0.2, -0.15) is 0 Å². The van der Waals surface area contributed by atoms with Gasteiger partial charge in [0.15, 0.2) is 11.6 Å². The number of para-hydroxylation sites is 2. The van der Waals surface area contributed by atoms with Gasteiger partial charge in [-0.05, 0) is 159 Å². The maximum atomic E-state index is 18.5. The molecule has 4 heteroatoms. The van der Waals surface area contributed by atoms with Gasteiger partial charge in [0.2, 0.25) is 0 Å². The topological polar surface area (TPSA) is 6.48 Å². The van der Waals surface area contributed by atoms with Crippen LogP contribution in [0.25, 0.3) is 76.8 Å². The largest absolute Gasteiger partial charge is 0.307 e. The minimum atomic E-state index is -0.303. The Morgan fingerprint density at radius 3 is 0.895 bits per heavy atom. The third kappa shape index (κ3) is 8.54. The predicted octanol–water partition coefficient (Wildman–Crippen LogP) is 20.9. The summed E-state index contributed by atoms with van der Waals surface area (Å²) in [5.74, 6) is -0.606. The maximum Gasteiger partial charge on any atom is 0.155 e. The van der Waals surface area contributed by atoms with Gasteiger partial charge in [0, 0.05) is 33.3 Å². The molecule has 0 amide bonds. The van der Waals surface area contributed by atoms with Crippen LogP contribution in [-0.4, -0.2) is 0 Å². The van der Waals surface area contributed by atoms with Crippen LogP contribution in [-0.2, 0) is 0 Å². The highest BCUT2D eigenvalue weighted by Gasteiger charge is 2.28. The fourth-order valence-corrected chi connectivity index (χ4v) is 12.1. The van der Waals surface area contributed by atoms with Crippen molar-refractivity contribution < 1.29 is 8.78 Å². The highest BCUT2D eigenvalue weighted by Crippen LogP contribution is 2.51. The summed E-state index contributed by atoms with van der Waals surface area (Å²) in [6.45, 7) is 16.7. The fourth-order valence-electron chi connectivity index (χ4n) is 12.1. The summed E-state index contributed by atoms with van der Waals surface area (Å²) < 4.78 is 37.1. The second-order valence-electron chi connectivity index (χ2n) is 21.1. The van der Waals surface area contributed by atoms with E-state index in [2.05, 4.69) is 199 Å².